The van der Waals surface area contributed by atoms with Crippen LogP contribution in [0.4, 0.5) is 11.4 Å². The van der Waals surface area contributed by atoms with Gasteiger partial charge in [0.05, 0.1) is 6.04 Å². The van der Waals surface area contributed by atoms with Gasteiger partial charge in [-0.15, -0.1) is 0 Å². The quantitative estimate of drug-likeness (QED) is 0.578. The number of rotatable bonds is 4. The predicted molar refractivity (Wildman–Crippen MR) is 125 cm³/mol. The predicted octanol–water partition coefficient (Wildman–Crippen LogP) is 5.40. The van der Waals surface area contributed by atoms with Crippen molar-refractivity contribution in [3.63, 3.8) is 0 Å². The smallest absolute Gasteiger partial charge is 0.248 e. The number of anilines is 2. The first-order chi connectivity index (χ1) is 14.8. The molecule has 158 valence electrons. The maximum atomic E-state index is 12.4. The number of benzene rings is 3. The number of carbonyl (C=O) groups is 2. The van der Waals surface area contributed by atoms with Crippen LogP contribution < -0.4 is 16.0 Å². The molecule has 0 fully saturated rings. The number of fused-ring (bicyclic) bond motifs is 1. The van der Waals surface area contributed by atoms with Crippen LogP contribution in [0.2, 0.25) is 5.02 Å². The van der Waals surface area contributed by atoms with Crippen LogP contribution in [0.5, 0.6) is 0 Å². The second-order valence-electron chi connectivity index (χ2n) is 7.89. The summed E-state index contributed by atoms with van der Waals surface area (Å²) in [5, 5.41) is 4.29. The number of hydrogen-bond acceptors (Lipinski definition) is 3. The van der Waals surface area contributed by atoms with Gasteiger partial charge in [0.1, 0.15) is 0 Å². The molecule has 0 bridgehead atoms. The van der Waals surface area contributed by atoms with Crippen molar-refractivity contribution >= 4 is 34.8 Å². The number of carbonyl (C=O) groups excluding carboxylic acids is 2. The minimum atomic E-state index is -0.449. The first-order valence-corrected chi connectivity index (χ1v) is 10.6. The molecule has 5 nitrogen and oxygen atoms in total. The fourth-order valence-corrected chi connectivity index (χ4v) is 4.36. The van der Waals surface area contributed by atoms with Gasteiger partial charge in [-0.25, -0.2) is 0 Å². The summed E-state index contributed by atoms with van der Waals surface area (Å²) in [6.07, 6.45) is 0.777. The number of nitrogens with two attached hydrogens (primary N) is 1. The lowest BCUT2D eigenvalue weighted by atomic mass is 9.88. The van der Waals surface area contributed by atoms with E-state index in [2.05, 4.69) is 18.3 Å². The van der Waals surface area contributed by atoms with Gasteiger partial charge in [-0.05, 0) is 78.6 Å². The molecule has 0 unspecified atom stereocenters. The van der Waals surface area contributed by atoms with E-state index in [0.29, 0.717) is 10.6 Å². The average Bonchev–Trinajstić information content (AvgIpc) is 2.75. The van der Waals surface area contributed by atoms with E-state index in [-0.39, 0.29) is 18.0 Å². The van der Waals surface area contributed by atoms with E-state index < -0.39 is 5.91 Å². The lowest BCUT2D eigenvalue weighted by Gasteiger charge is -2.39. The van der Waals surface area contributed by atoms with Crippen molar-refractivity contribution in [1.29, 1.82) is 0 Å². The molecular formula is C25H24ClN3O2. The van der Waals surface area contributed by atoms with E-state index in [0.717, 1.165) is 34.5 Å². The highest BCUT2D eigenvalue weighted by Gasteiger charge is 2.32. The van der Waals surface area contributed by atoms with Crippen molar-refractivity contribution < 1.29 is 9.59 Å². The van der Waals surface area contributed by atoms with Gasteiger partial charge < -0.3 is 16.0 Å². The van der Waals surface area contributed by atoms with Crippen LogP contribution in [0.1, 0.15) is 42.2 Å². The van der Waals surface area contributed by atoms with Crippen molar-refractivity contribution in [3.05, 3.63) is 82.9 Å². The first kappa shape index (κ1) is 20.9. The molecule has 0 saturated carbocycles. The third kappa shape index (κ3) is 4.28. The highest BCUT2D eigenvalue weighted by molar-refractivity contribution is 6.30. The highest BCUT2D eigenvalue weighted by Crippen LogP contribution is 2.41. The zero-order chi connectivity index (χ0) is 22.1. The van der Waals surface area contributed by atoms with Crippen molar-refractivity contribution in [2.24, 2.45) is 5.73 Å². The van der Waals surface area contributed by atoms with Crippen LogP contribution in [0, 0.1) is 0 Å². The van der Waals surface area contributed by atoms with Crippen LogP contribution in [-0.2, 0) is 4.79 Å². The summed E-state index contributed by atoms with van der Waals surface area (Å²) in [4.78, 5) is 25.6. The molecule has 4 rings (SSSR count). The van der Waals surface area contributed by atoms with Crippen molar-refractivity contribution in [1.82, 2.24) is 0 Å². The van der Waals surface area contributed by atoms with Gasteiger partial charge in [-0.3, -0.25) is 9.59 Å². The van der Waals surface area contributed by atoms with E-state index >= 15 is 0 Å². The molecule has 3 aromatic carbocycles. The summed E-state index contributed by atoms with van der Waals surface area (Å²) in [6, 6.07) is 21.1. The maximum Gasteiger partial charge on any atom is 0.248 e. The van der Waals surface area contributed by atoms with E-state index in [1.807, 2.05) is 53.4 Å². The Bertz CT molecular complexity index is 1130. The molecule has 3 N–H and O–H groups in total. The highest BCUT2D eigenvalue weighted by atomic mass is 35.5. The van der Waals surface area contributed by atoms with E-state index in [4.69, 9.17) is 17.3 Å². The van der Waals surface area contributed by atoms with E-state index in [9.17, 15) is 9.59 Å². The third-order valence-electron chi connectivity index (χ3n) is 5.71. The zero-order valence-electron chi connectivity index (χ0n) is 17.4. The number of primary amides is 1. The number of nitrogens with zero attached hydrogens (tertiary/aromatic N) is 1. The van der Waals surface area contributed by atoms with E-state index in [1.54, 1.807) is 19.1 Å². The topological polar surface area (TPSA) is 75.4 Å². The molecular weight excluding hydrogens is 410 g/mol. The Balaban J connectivity index is 1.75. The molecule has 2 amide bonds. The Morgan fingerprint density at radius 3 is 2.26 bits per heavy atom. The van der Waals surface area contributed by atoms with E-state index in [1.165, 1.54) is 0 Å². The Morgan fingerprint density at radius 2 is 1.65 bits per heavy atom. The molecule has 31 heavy (non-hydrogen) atoms. The number of hydrogen-bond donors (Lipinski definition) is 2. The molecule has 0 saturated heterocycles. The average molecular weight is 434 g/mol. The van der Waals surface area contributed by atoms with Crippen LogP contribution >= 0.6 is 11.6 Å². The summed E-state index contributed by atoms with van der Waals surface area (Å²) < 4.78 is 0. The summed E-state index contributed by atoms with van der Waals surface area (Å²) >= 11 is 6.03. The zero-order valence-corrected chi connectivity index (χ0v) is 18.2. The summed E-state index contributed by atoms with van der Waals surface area (Å²) in [6.45, 7) is 3.67. The Hall–Kier alpha value is -3.31. The van der Waals surface area contributed by atoms with Crippen molar-refractivity contribution in [3.8, 4) is 11.1 Å². The van der Waals surface area contributed by atoms with Crippen LogP contribution in [0.15, 0.2) is 66.7 Å². The minimum absolute atomic E-state index is 0.0252. The van der Waals surface area contributed by atoms with Gasteiger partial charge in [0.2, 0.25) is 11.8 Å². The fourth-order valence-electron chi connectivity index (χ4n) is 4.23. The van der Waals surface area contributed by atoms with Crippen LogP contribution in [0.3, 0.4) is 0 Å². The summed E-state index contributed by atoms with van der Waals surface area (Å²) in [5.41, 5.74) is 10.8. The second-order valence-corrected chi connectivity index (χ2v) is 8.33. The molecule has 1 aliphatic rings. The first-order valence-electron chi connectivity index (χ1n) is 10.2. The third-order valence-corrected chi connectivity index (χ3v) is 5.96. The van der Waals surface area contributed by atoms with Gasteiger partial charge in [0.25, 0.3) is 0 Å². The van der Waals surface area contributed by atoms with Crippen molar-refractivity contribution in [2.45, 2.75) is 32.4 Å². The molecule has 0 radical (unpaired) electrons. The molecule has 0 aliphatic carbocycles. The standard InChI is InChI=1S/C25H24ClN3O2/c1-15-13-23(28-21-10-8-20(26)9-11-21)22-14-19(7-12-24(22)29(15)16(2)30)17-3-5-18(6-4-17)25(27)31/h3-12,14-15,23,28H,13H2,1-2H3,(H2,27,31)/t15-,23+/m0/s1. The monoisotopic (exact) mass is 433 g/mol. The lowest BCUT2D eigenvalue weighted by molar-refractivity contribution is -0.117. The summed E-state index contributed by atoms with van der Waals surface area (Å²) in [5.74, 6) is -0.424. The second kappa shape index (κ2) is 8.44. The largest absolute Gasteiger partial charge is 0.378 e. The number of halogens is 1. The van der Waals surface area contributed by atoms with Gasteiger partial charge in [0, 0.05) is 34.9 Å². The Kier molecular flexibility index (Phi) is 5.70. The number of nitrogens with one attached hydrogen (secondary N) is 1. The van der Waals surface area contributed by atoms with Gasteiger partial charge in [0.15, 0.2) is 0 Å². The molecule has 3 aromatic rings. The SMILES string of the molecule is CC(=O)N1c2ccc(-c3ccc(C(N)=O)cc3)cc2[C@H](Nc2ccc(Cl)cc2)C[C@@H]1C. The number of amides is 2. The molecule has 0 spiro atoms. The summed E-state index contributed by atoms with van der Waals surface area (Å²) in [7, 11) is 0. The maximum absolute atomic E-state index is 12.4. The van der Waals surface area contributed by atoms with Crippen LogP contribution in [0.25, 0.3) is 11.1 Å². The van der Waals surface area contributed by atoms with Crippen LogP contribution in [-0.4, -0.2) is 17.9 Å². The molecule has 1 heterocycles. The fraction of sp³-hybridized carbons (Fsp3) is 0.200. The Morgan fingerprint density at radius 1 is 1.00 bits per heavy atom. The van der Waals surface area contributed by atoms with Crippen molar-refractivity contribution in [2.75, 3.05) is 10.2 Å². The lowest BCUT2D eigenvalue weighted by Crippen LogP contribution is -2.43. The normalized spacial score (nSPS) is 17.7. The molecule has 2 atom stereocenters. The molecule has 6 heteroatoms. The molecule has 1 aliphatic heterocycles. The minimum Gasteiger partial charge on any atom is -0.378 e. The Labute approximate surface area is 186 Å². The van der Waals surface area contributed by atoms with Gasteiger partial charge in [-0.2, -0.15) is 0 Å². The van der Waals surface area contributed by atoms with Gasteiger partial charge >= 0.3 is 0 Å². The van der Waals surface area contributed by atoms with Gasteiger partial charge in [-0.1, -0.05) is 29.8 Å². The molecule has 0 aromatic heterocycles.